The highest BCUT2D eigenvalue weighted by Crippen LogP contribution is 2.00. The average molecular weight is 208 g/mol. The Labute approximate surface area is 93.2 Å². The summed E-state index contributed by atoms with van der Waals surface area (Å²) in [7, 11) is 0. The molecule has 3 heteroatoms. The number of aldehydes is 1. The summed E-state index contributed by atoms with van der Waals surface area (Å²) >= 11 is 0. The van der Waals surface area contributed by atoms with Crippen LogP contribution in [0.3, 0.4) is 0 Å². The van der Waals surface area contributed by atoms with Gasteiger partial charge in [-0.1, -0.05) is 24.1 Å². The summed E-state index contributed by atoms with van der Waals surface area (Å²) < 4.78 is 0. The van der Waals surface area contributed by atoms with Crippen molar-refractivity contribution in [2.45, 2.75) is 0 Å². The van der Waals surface area contributed by atoms with Gasteiger partial charge in [0, 0.05) is 11.8 Å². The van der Waals surface area contributed by atoms with E-state index in [1.165, 1.54) is 12.5 Å². The van der Waals surface area contributed by atoms with Crippen molar-refractivity contribution in [3.05, 3.63) is 59.7 Å². The topological polar surface area (TPSA) is 42.9 Å². The molecule has 0 radical (unpaired) electrons. The Morgan fingerprint density at radius 1 is 1.12 bits per heavy atom. The molecule has 0 bridgehead atoms. The van der Waals surface area contributed by atoms with E-state index >= 15 is 0 Å². The van der Waals surface area contributed by atoms with Crippen molar-refractivity contribution >= 4 is 6.29 Å². The number of carbonyl (C=O) groups excluding carboxylic acids is 1. The van der Waals surface area contributed by atoms with Crippen LogP contribution in [0.25, 0.3) is 0 Å². The maximum absolute atomic E-state index is 10.7. The molecule has 1 heterocycles. The fourth-order valence-corrected chi connectivity index (χ4v) is 1.18. The Bertz CT molecular complexity index is 553. The number of nitrogens with zero attached hydrogens (tertiary/aromatic N) is 2. The van der Waals surface area contributed by atoms with Crippen LogP contribution in [0.4, 0.5) is 0 Å². The number of hydrogen-bond acceptors (Lipinski definition) is 3. The van der Waals surface area contributed by atoms with Gasteiger partial charge in [0.05, 0.1) is 5.56 Å². The zero-order chi connectivity index (χ0) is 11.2. The maximum atomic E-state index is 10.7. The van der Waals surface area contributed by atoms with Crippen LogP contribution in [-0.4, -0.2) is 16.3 Å². The number of rotatable bonds is 1. The molecular formula is C13H8N2O. The van der Waals surface area contributed by atoms with E-state index in [0.717, 1.165) is 5.56 Å². The standard InChI is InChI=1S/C13H8N2O/c16-9-12-8-14-10-15-13(12)7-6-11-4-2-1-3-5-11/h1-5,8-10H. The van der Waals surface area contributed by atoms with Crippen LogP contribution < -0.4 is 0 Å². The van der Waals surface area contributed by atoms with Gasteiger partial charge in [-0.2, -0.15) is 0 Å². The summed E-state index contributed by atoms with van der Waals surface area (Å²) in [5, 5.41) is 0. The molecule has 0 saturated heterocycles. The Balaban J connectivity index is 2.34. The molecule has 2 rings (SSSR count). The Morgan fingerprint density at radius 3 is 2.69 bits per heavy atom. The summed E-state index contributed by atoms with van der Waals surface area (Å²) in [6, 6.07) is 9.53. The lowest BCUT2D eigenvalue weighted by molar-refractivity contribution is 0.112. The fraction of sp³-hybridized carbons (Fsp3) is 0. The Morgan fingerprint density at radius 2 is 1.94 bits per heavy atom. The van der Waals surface area contributed by atoms with E-state index in [4.69, 9.17) is 0 Å². The third-order valence-corrected chi connectivity index (χ3v) is 1.97. The molecular weight excluding hydrogens is 200 g/mol. The van der Waals surface area contributed by atoms with Crippen molar-refractivity contribution in [3.8, 4) is 11.8 Å². The summed E-state index contributed by atoms with van der Waals surface area (Å²) in [6.45, 7) is 0. The molecule has 0 aliphatic carbocycles. The summed E-state index contributed by atoms with van der Waals surface area (Å²) in [4.78, 5) is 18.4. The lowest BCUT2D eigenvalue weighted by atomic mass is 10.2. The van der Waals surface area contributed by atoms with Gasteiger partial charge < -0.3 is 0 Å². The van der Waals surface area contributed by atoms with Crippen LogP contribution in [0.15, 0.2) is 42.9 Å². The summed E-state index contributed by atoms with van der Waals surface area (Å²) in [6.07, 6.45) is 3.53. The van der Waals surface area contributed by atoms with E-state index < -0.39 is 0 Å². The molecule has 0 atom stereocenters. The molecule has 16 heavy (non-hydrogen) atoms. The Hall–Kier alpha value is -2.47. The van der Waals surface area contributed by atoms with Gasteiger partial charge in [0.15, 0.2) is 6.29 Å². The minimum atomic E-state index is 0.408. The highest BCUT2D eigenvalue weighted by atomic mass is 16.1. The quantitative estimate of drug-likeness (QED) is 0.529. The predicted octanol–water partition coefficient (Wildman–Crippen LogP) is 1.69. The second-order valence-corrected chi connectivity index (χ2v) is 3.06. The smallest absolute Gasteiger partial charge is 0.154 e. The molecule has 0 spiro atoms. The van der Waals surface area contributed by atoms with Crippen LogP contribution in [0.5, 0.6) is 0 Å². The van der Waals surface area contributed by atoms with Gasteiger partial charge >= 0.3 is 0 Å². The van der Waals surface area contributed by atoms with E-state index in [0.29, 0.717) is 17.5 Å². The molecule has 2 aromatic rings. The average Bonchev–Trinajstić information content (AvgIpc) is 2.38. The molecule has 1 aromatic heterocycles. The van der Waals surface area contributed by atoms with E-state index in [9.17, 15) is 4.79 Å². The van der Waals surface area contributed by atoms with E-state index in [1.54, 1.807) is 0 Å². The zero-order valence-corrected chi connectivity index (χ0v) is 8.42. The lowest BCUT2D eigenvalue weighted by Gasteiger charge is -1.92. The first-order valence-corrected chi connectivity index (χ1v) is 4.72. The minimum Gasteiger partial charge on any atom is -0.298 e. The largest absolute Gasteiger partial charge is 0.298 e. The van der Waals surface area contributed by atoms with Gasteiger partial charge in [-0.05, 0) is 18.1 Å². The third-order valence-electron chi connectivity index (χ3n) is 1.97. The normalized spacial score (nSPS) is 9.00. The Kier molecular flexibility index (Phi) is 3.05. The van der Waals surface area contributed by atoms with E-state index in [2.05, 4.69) is 21.8 Å². The second-order valence-electron chi connectivity index (χ2n) is 3.06. The van der Waals surface area contributed by atoms with Gasteiger partial charge in [-0.15, -0.1) is 0 Å². The van der Waals surface area contributed by atoms with Crippen molar-refractivity contribution in [2.24, 2.45) is 0 Å². The first kappa shape index (κ1) is 10.1. The molecule has 0 aliphatic heterocycles. The highest BCUT2D eigenvalue weighted by molar-refractivity contribution is 5.77. The third kappa shape index (κ3) is 2.31. The van der Waals surface area contributed by atoms with Gasteiger partial charge in [0.25, 0.3) is 0 Å². The van der Waals surface area contributed by atoms with E-state index in [-0.39, 0.29) is 0 Å². The van der Waals surface area contributed by atoms with Gasteiger partial charge in [0.1, 0.15) is 12.0 Å². The van der Waals surface area contributed by atoms with Crippen LogP contribution >= 0.6 is 0 Å². The molecule has 0 fully saturated rings. The number of hydrogen-bond donors (Lipinski definition) is 0. The molecule has 0 unspecified atom stereocenters. The summed E-state index contributed by atoms with van der Waals surface area (Å²) in [5.74, 6) is 5.78. The number of carbonyl (C=O) groups is 1. The van der Waals surface area contributed by atoms with E-state index in [1.807, 2.05) is 30.3 Å². The van der Waals surface area contributed by atoms with Crippen molar-refractivity contribution in [3.63, 3.8) is 0 Å². The van der Waals surface area contributed by atoms with Crippen molar-refractivity contribution < 1.29 is 4.79 Å². The molecule has 0 N–H and O–H groups in total. The molecule has 0 amide bonds. The highest BCUT2D eigenvalue weighted by Gasteiger charge is 1.97. The molecule has 0 saturated carbocycles. The lowest BCUT2D eigenvalue weighted by Crippen LogP contribution is -1.92. The molecule has 0 aliphatic rings. The maximum Gasteiger partial charge on any atom is 0.154 e. The molecule has 1 aromatic carbocycles. The van der Waals surface area contributed by atoms with Crippen molar-refractivity contribution in [1.29, 1.82) is 0 Å². The van der Waals surface area contributed by atoms with Crippen LogP contribution in [0, 0.1) is 11.8 Å². The fourth-order valence-electron chi connectivity index (χ4n) is 1.18. The van der Waals surface area contributed by atoms with Gasteiger partial charge in [-0.3, -0.25) is 4.79 Å². The van der Waals surface area contributed by atoms with Crippen molar-refractivity contribution in [2.75, 3.05) is 0 Å². The first-order chi connectivity index (χ1) is 7.90. The molecule has 3 nitrogen and oxygen atoms in total. The monoisotopic (exact) mass is 208 g/mol. The predicted molar refractivity (Wildman–Crippen MR) is 59.8 cm³/mol. The number of aromatic nitrogens is 2. The molecule has 76 valence electrons. The first-order valence-electron chi connectivity index (χ1n) is 4.72. The van der Waals surface area contributed by atoms with Gasteiger partial charge in [-0.25, -0.2) is 9.97 Å². The SMILES string of the molecule is O=Cc1cncnc1C#Cc1ccccc1. The van der Waals surface area contributed by atoms with Crippen LogP contribution in [0.1, 0.15) is 21.6 Å². The van der Waals surface area contributed by atoms with Crippen LogP contribution in [0.2, 0.25) is 0 Å². The summed E-state index contributed by atoms with van der Waals surface area (Å²) in [5.41, 5.74) is 1.75. The van der Waals surface area contributed by atoms with Crippen molar-refractivity contribution in [1.82, 2.24) is 9.97 Å². The number of benzene rings is 1. The second kappa shape index (κ2) is 4.85. The van der Waals surface area contributed by atoms with Gasteiger partial charge in [0.2, 0.25) is 0 Å². The minimum absolute atomic E-state index is 0.408. The zero-order valence-electron chi connectivity index (χ0n) is 8.42. The van der Waals surface area contributed by atoms with Crippen LogP contribution in [-0.2, 0) is 0 Å².